The predicted octanol–water partition coefficient (Wildman–Crippen LogP) is 1.99. The number of carbonyl (C=O) groups is 1. The van der Waals surface area contributed by atoms with Gasteiger partial charge in [0.1, 0.15) is 17.2 Å². The van der Waals surface area contributed by atoms with E-state index in [0.29, 0.717) is 29.2 Å². The lowest BCUT2D eigenvalue weighted by Crippen LogP contribution is -2.25. The maximum absolute atomic E-state index is 13.5. The molecule has 1 aromatic heterocycles. The molecule has 2 aromatic rings. The molecule has 1 atom stereocenters. The van der Waals surface area contributed by atoms with Gasteiger partial charge in [0, 0.05) is 13.0 Å². The van der Waals surface area contributed by atoms with E-state index < -0.39 is 17.8 Å². The molecule has 0 fully saturated rings. The van der Waals surface area contributed by atoms with Gasteiger partial charge in [-0.2, -0.15) is 0 Å². The first kappa shape index (κ1) is 18.3. The van der Waals surface area contributed by atoms with Gasteiger partial charge in [0.05, 0.1) is 12.8 Å². The van der Waals surface area contributed by atoms with Crippen LogP contribution in [0.2, 0.25) is 0 Å². The number of hydrogen-bond donors (Lipinski definition) is 1. The molecule has 138 valence electrons. The molecule has 8 heteroatoms. The molecular formula is C19H17FN4O3. The van der Waals surface area contributed by atoms with Crippen LogP contribution >= 0.6 is 0 Å². The molecule has 1 N–H and O–H groups in total. The molecule has 0 saturated heterocycles. The summed E-state index contributed by atoms with van der Waals surface area (Å²) in [6.45, 7) is 1.87. The summed E-state index contributed by atoms with van der Waals surface area (Å²) in [7, 11) is 1.38. The van der Waals surface area contributed by atoms with E-state index in [9.17, 15) is 9.18 Å². The molecule has 0 aliphatic carbocycles. The number of rotatable bonds is 5. The van der Waals surface area contributed by atoms with Gasteiger partial charge in [0.15, 0.2) is 17.7 Å². The summed E-state index contributed by atoms with van der Waals surface area (Å²) in [4.78, 5) is 26.0. The van der Waals surface area contributed by atoms with Crippen molar-refractivity contribution in [3.05, 3.63) is 52.9 Å². The Labute approximate surface area is 155 Å². The molecule has 27 heavy (non-hydrogen) atoms. The van der Waals surface area contributed by atoms with Crippen LogP contribution in [0.25, 0.3) is 0 Å². The van der Waals surface area contributed by atoms with Crippen molar-refractivity contribution >= 4 is 11.6 Å². The Morgan fingerprint density at radius 3 is 2.96 bits per heavy atom. The molecule has 0 unspecified atom stereocenters. The number of halogens is 1. The van der Waals surface area contributed by atoms with Crippen molar-refractivity contribution < 1.29 is 18.8 Å². The van der Waals surface area contributed by atoms with Crippen LogP contribution in [0.5, 0.6) is 5.75 Å². The summed E-state index contributed by atoms with van der Waals surface area (Å²) < 4.78 is 18.4. The number of oxime groups is 1. The van der Waals surface area contributed by atoms with Crippen LogP contribution in [0.4, 0.5) is 4.39 Å². The maximum atomic E-state index is 13.5. The molecular weight excluding hydrogens is 351 g/mol. The topological polar surface area (TPSA) is 85.7 Å². The second kappa shape index (κ2) is 7.83. The lowest BCUT2D eigenvalue weighted by atomic mass is 10.1. The Morgan fingerprint density at radius 2 is 2.26 bits per heavy atom. The minimum Gasteiger partial charge on any atom is -0.494 e. The van der Waals surface area contributed by atoms with E-state index in [-0.39, 0.29) is 18.0 Å². The van der Waals surface area contributed by atoms with Crippen LogP contribution < -0.4 is 10.1 Å². The highest BCUT2D eigenvalue weighted by Gasteiger charge is 2.22. The van der Waals surface area contributed by atoms with E-state index in [1.54, 1.807) is 13.0 Å². The Bertz CT molecular complexity index is 952. The maximum Gasteiger partial charge on any atom is 0.270 e. The van der Waals surface area contributed by atoms with Gasteiger partial charge in [-0.3, -0.25) is 4.79 Å². The SMILES string of the molecule is C#C[C@@H]1CC(c2cc(C(=O)NCc3ccc(F)c(OC)c3)nc(C)n2)=NO1. The first-order valence-corrected chi connectivity index (χ1v) is 8.15. The Morgan fingerprint density at radius 1 is 1.44 bits per heavy atom. The highest BCUT2D eigenvalue weighted by atomic mass is 19.1. The number of nitrogens with zero attached hydrogens (tertiary/aromatic N) is 3. The lowest BCUT2D eigenvalue weighted by molar-refractivity contribution is 0.0945. The van der Waals surface area contributed by atoms with Crippen LogP contribution in [0.15, 0.2) is 29.4 Å². The van der Waals surface area contributed by atoms with Crippen LogP contribution in [-0.4, -0.2) is 34.8 Å². The van der Waals surface area contributed by atoms with Gasteiger partial charge in [-0.05, 0) is 30.7 Å². The number of aryl methyl sites for hydroxylation is 1. The quantitative estimate of drug-likeness (QED) is 0.816. The Kier molecular flexibility index (Phi) is 5.31. The number of methoxy groups -OCH3 is 1. The van der Waals surface area contributed by atoms with E-state index in [1.165, 1.54) is 25.3 Å². The summed E-state index contributed by atoms with van der Waals surface area (Å²) in [5.74, 6) is 2.15. The van der Waals surface area contributed by atoms with Gasteiger partial charge in [0.2, 0.25) is 0 Å². The van der Waals surface area contributed by atoms with Gasteiger partial charge in [-0.1, -0.05) is 17.1 Å². The first-order valence-electron chi connectivity index (χ1n) is 8.15. The minimum atomic E-state index is -0.464. The molecule has 0 spiro atoms. The molecule has 1 amide bonds. The summed E-state index contributed by atoms with van der Waals surface area (Å²) >= 11 is 0. The fourth-order valence-corrected chi connectivity index (χ4v) is 2.54. The molecule has 7 nitrogen and oxygen atoms in total. The van der Waals surface area contributed by atoms with E-state index >= 15 is 0 Å². The van der Waals surface area contributed by atoms with Gasteiger partial charge in [-0.15, -0.1) is 6.42 Å². The zero-order chi connectivity index (χ0) is 19.4. The molecule has 2 heterocycles. The summed E-state index contributed by atoms with van der Waals surface area (Å²) in [6, 6.07) is 5.91. The van der Waals surface area contributed by atoms with Crippen LogP contribution in [-0.2, 0) is 11.4 Å². The zero-order valence-corrected chi connectivity index (χ0v) is 14.8. The molecule has 3 rings (SSSR count). The summed E-state index contributed by atoms with van der Waals surface area (Å²) in [5.41, 5.74) is 1.95. The zero-order valence-electron chi connectivity index (χ0n) is 14.8. The van der Waals surface area contributed by atoms with Gasteiger partial charge < -0.3 is 14.9 Å². The van der Waals surface area contributed by atoms with Crippen molar-refractivity contribution in [2.75, 3.05) is 7.11 Å². The second-order valence-corrected chi connectivity index (χ2v) is 5.84. The number of amides is 1. The van der Waals surface area contributed by atoms with Crippen LogP contribution in [0.1, 0.15) is 34.0 Å². The molecule has 1 aliphatic rings. The monoisotopic (exact) mass is 368 g/mol. The minimum absolute atomic E-state index is 0.115. The van der Waals surface area contributed by atoms with E-state index in [4.69, 9.17) is 16.0 Å². The van der Waals surface area contributed by atoms with Crippen LogP contribution in [0.3, 0.4) is 0 Å². The molecule has 0 radical (unpaired) electrons. The fraction of sp³-hybridized carbons (Fsp3) is 0.263. The van der Waals surface area contributed by atoms with Gasteiger partial charge >= 0.3 is 0 Å². The van der Waals surface area contributed by atoms with Gasteiger partial charge in [-0.25, -0.2) is 14.4 Å². The van der Waals surface area contributed by atoms with Gasteiger partial charge in [0.25, 0.3) is 5.91 Å². The number of hydrogen-bond acceptors (Lipinski definition) is 6. The largest absolute Gasteiger partial charge is 0.494 e. The number of benzene rings is 1. The van der Waals surface area contributed by atoms with Crippen molar-refractivity contribution in [3.8, 4) is 18.1 Å². The molecule has 1 aromatic carbocycles. The molecule has 1 aliphatic heterocycles. The van der Waals surface area contributed by atoms with Crippen molar-refractivity contribution in [1.82, 2.24) is 15.3 Å². The number of terminal acetylenes is 1. The third-order valence-electron chi connectivity index (χ3n) is 3.89. The molecule has 0 saturated carbocycles. The number of nitrogens with one attached hydrogen (secondary N) is 1. The standard InChI is InChI=1S/C19H17FN4O3/c1-4-13-8-16(24-27-13)15-9-17(23-11(2)22-15)19(25)21-10-12-5-6-14(20)18(7-12)26-3/h1,5-7,9,13H,8,10H2,2-3H3,(H,21,25)/t13-/m1/s1. The highest BCUT2D eigenvalue weighted by Crippen LogP contribution is 2.18. The number of ether oxygens (including phenoxy) is 1. The Hall–Kier alpha value is -3.47. The third kappa shape index (κ3) is 4.20. The van der Waals surface area contributed by atoms with Crippen molar-refractivity contribution in [1.29, 1.82) is 0 Å². The normalized spacial score (nSPS) is 15.5. The highest BCUT2D eigenvalue weighted by molar-refractivity contribution is 6.02. The van der Waals surface area contributed by atoms with E-state index in [2.05, 4.69) is 26.4 Å². The van der Waals surface area contributed by atoms with Crippen molar-refractivity contribution in [3.63, 3.8) is 0 Å². The van der Waals surface area contributed by atoms with E-state index in [1.807, 2.05) is 0 Å². The summed E-state index contributed by atoms with van der Waals surface area (Å²) in [6.07, 6.45) is 5.32. The van der Waals surface area contributed by atoms with Crippen molar-refractivity contribution in [2.45, 2.75) is 26.0 Å². The average Bonchev–Trinajstić information content (AvgIpc) is 3.16. The molecule has 0 bridgehead atoms. The number of carbonyl (C=O) groups excluding carboxylic acids is 1. The number of aromatic nitrogens is 2. The summed E-state index contributed by atoms with van der Waals surface area (Å²) in [5, 5.41) is 6.66. The average molecular weight is 368 g/mol. The first-order chi connectivity index (χ1) is 13.0. The van der Waals surface area contributed by atoms with E-state index in [0.717, 1.165) is 0 Å². The second-order valence-electron chi connectivity index (χ2n) is 5.84. The smallest absolute Gasteiger partial charge is 0.270 e. The van der Waals surface area contributed by atoms with Crippen molar-refractivity contribution in [2.24, 2.45) is 5.16 Å². The Balaban J connectivity index is 1.73. The fourth-order valence-electron chi connectivity index (χ4n) is 2.54. The van der Waals surface area contributed by atoms with Crippen LogP contribution in [0, 0.1) is 25.1 Å². The third-order valence-corrected chi connectivity index (χ3v) is 3.89. The predicted molar refractivity (Wildman–Crippen MR) is 95.8 cm³/mol. The lowest BCUT2D eigenvalue weighted by Gasteiger charge is -2.09.